The van der Waals surface area contributed by atoms with Gasteiger partial charge in [-0.25, -0.2) is 4.39 Å². The van der Waals surface area contributed by atoms with E-state index < -0.39 is 6.17 Å². The number of halogens is 1. The van der Waals surface area contributed by atoms with Crippen LogP contribution in [0.3, 0.4) is 0 Å². The summed E-state index contributed by atoms with van der Waals surface area (Å²) in [7, 11) is 1.62. The van der Waals surface area contributed by atoms with Crippen LogP contribution in [-0.2, 0) is 4.74 Å². The number of alkyl halides is 1. The van der Waals surface area contributed by atoms with E-state index in [0.717, 1.165) is 6.54 Å². The first kappa shape index (κ1) is 6.96. The molecule has 1 aliphatic rings. The second-order valence-corrected chi connectivity index (χ2v) is 2.35. The van der Waals surface area contributed by atoms with Gasteiger partial charge in [0.15, 0.2) is 0 Å². The van der Waals surface area contributed by atoms with E-state index in [1.165, 1.54) is 0 Å². The van der Waals surface area contributed by atoms with Crippen LogP contribution in [0.25, 0.3) is 0 Å². The number of hydrogen-bond donors (Lipinski definition) is 1. The third-order valence-electron chi connectivity index (χ3n) is 1.59. The topological polar surface area (TPSA) is 21.3 Å². The Balaban J connectivity index is 2.23. The van der Waals surface area contributed by atoms with E-state index in [0.29, 0.717) is 13.0 Å². The van der Waals surface area contributed by atoms with Crippen LogP contribution in [0.5, 0.6) is 0 Å². The Labute approximate surface area is 54.4 Å². The molecule has 2 nitrogen and oxygen atoms in total. The Kier molecular flexibility index (Phi) is 2.42. The maximum Gasteiger partial charge on any atom is 0.115 e. The predicted octanol–water partition coefficient (Wildman–Crippen LogP) is 0.333. The van der Waals surface area contributed by atoms with Crippen molar-refractivity contribution in [3.05, 3.63) is 0 Å². The number of rotatable bonds is 1. The normalized spacial score (nSPS) is 36.7. The minimum atomic E-state index is -0.719. The molecule has 1 fully saturated rings. The molecule has 2 unspecified atom stereocenters. The number of piperidine rings is 1. The molecule has 0 saturated carbocycles. The summed E-state index contributed by atoms with van der Waals surface area (Å²) in [5.41, 5.74) is 0. The summed E-state index contributed by atoms with van der Waals surface area (Å²) in [5.74, 6) is 0. The van der Waals surface area contributed by atoms with Crippen LogP contribution in [-0.4, -0.2) is 32.5 Å². The first-order valence-corrected chi connectivity index (χ1v) is 3.20. The molecular weight excluding hydrogens is 121 g/mol. The van der Waals surface area contributed by atoms with Crippen molar-refractivity contribution in [3.8, 4) is 0 Å². The van der Waals surface area contributed by atoms with Crippen LogP contribution in [0.4, 0.5) is 4.39 Å². The fourth-order valence-corrected chi connectivity index (χ4v) is 1.03. The highest BCUT2D eigenvalue weighted by Crippen LogP contribution is 2.08. The molecule has 1 saturated heterocycles. The summed E-state index contributed by atoms with van der Waals surface area (Å²) in [5, 5.41) is 2.94. The third-order valence-corrected chi connectivity index (χ3v) is 1.59. The molecule has 3 heteroatoms. The summed E-state index contributed by atoms with van der Waals surface area (Å²) in [6.45, 7) is 1.27. The molecule has 1 aliphatic heterocycles. The zero-order chi connectivity index (χ0) is 6.69. The highest BCUT2D eigenvalue weighted by molar-refractivity contribution is 4.75. The molecule has 1 N–H and O–H groups in total. The van der Waals surface area contributed by atoms with Gasteiger partial charge >= 0.3 is 0 Å². The van der Waals surface area contributed by atoms with Crippen molar-refractivity contribution in [2.24, 2.45) is 0 Å². The van der Waals surface area contributed by atoms with Crippen molar-refractivity contribution < 1.29 is 9.13 Å². The van der Waals surface area contributed by atoms with Gasteiger partial charge in [0.05, 0.1) is 6.10 Å². The maximum atomic E-state index is 12.5. The monoisotopic (exact) mass is 133 g/mol. The third kappa shape index (κ3) is 1.91. The van der Waals surface area contributed by atoms with Gasteiger partial charge in [-0.1, -0.05) is 0 Å². The molecule has 0 radical (unpaired) electrons. The van der Waals surface area contributed by atoms with Crippen molar-refractivity contribution in [2.75, 3.05) is 20.2 Å². The lowest BCUT2D eigenvalue weighted by atomic mass is 10.1. The molecule has 2 atom stereocenters. The summed E-state index contributed by atoms with van der Waals surface area (Å²) in [6, 6.07) is 0. The molecule has 0 aromatic rings. The van der Waals surface area contributed by atoms with Crippen LogP contribution in [0.1, 0.15) is 6.42 Å². The fraction of sp³-hybridized carbons (Fsp3) is 1.00. The number of methoxy groups -OCH3 is 1. The zero-order valence-electron chi connectivity index (χ0n) is 5.56. The number of hydrogen-bond acceptors (Lipinski definition) is 2. The summed E-state index contributed by atoms with van der Waals surface area (Å²) < 4.78 is 17.4. The molecule has 0 spiro atoms. The molecule has 0 aromatic carbocycles. The first-order chi connectivity index (χ1) is 4.33. The van der Waals surface area contributed by atoms with E-state index in [1.54, 1.807) is 7.11 Å². The number of ether oxygens (including phenoxy) is 1. The van der Waals surface area contributed by atoms with Gasteiger partial charge in [-0.2, -0.15) is 0 Å². The lowest BCUT2D eigenvalue weighted by Gasteiger charge is -2.23. The average molecular weight is 133 g/mol. The maximum absolute atomic E-state index is 12.5. The van der Waals surface area contributed by atoms with E-state index in [2.05, 4.69) is 5.32 Å². The molecular formula is C6H12FNO. The molecule has 0 amide bonds. The predicted molar refractivity (Wildman–Crippen MR) is 33.2 cm³/mol. The van der Waals surface area contributed by atoms with Gasteiger partial charge in [0.1, 0.15) is 6.17 Å². The van der Waals surface area contributed by atoms with Crippen LogP contribution in [0.2, 0.25) is 0 Å². The minimum Gasteiger partial charge on any atom is -0.380 e. The molecule has 54 valence electrons. The van der Waals surface area contributed by atoms with E-state index in [-0.39, 0.29) is 6.10 Å². The Morgan fingerprint density at radius 1 is 1.56 bits per heavy atom. The molecule has 0 aromatic heterocycles. The molecule has 0 bridgehead atoms. The van der Waals surface area contributed by atoms with Crippen LogP contribution < -0.4 is 5.32 Å². The van der Waals surface area contributed by atoms with Crippen molar-refractivity contribution >= 4 is 0 Å². The van der Waals surface area contributed by atoms with Crippen molar-refractivity contribution in [3.63, 3.8) is 0 Å². The Bertz CT molecular complexity index is 89.1. The van der Waals surface area contributed by atoms with Gasteiger partial charge < -0.3 is 10.1 Å². The molecule has 0 aliphatic carbocycles. The Hall–Kier alpha value is -0.150. The van der Waals surface area contributed by atoms with E-state index in [9.17, 15) is 4.39 Å². The number of nitrogens with one attached hydrogen (secondary N) is 1. The summed E-state index contributed by atoms with van der Waals surface area (Å²) in [6.07, 6.45) is -0.0961. The van der Waals surface area contributed by atoms with Crippen molar-refractivity contribution in [1.82, 2.24) is 5.32 Å². The SMILES string of the molecule is COC1CNCC(F)C1. The lowest BCUT2D eigenvalue weighted by Crippen LogP contribution is -2.41. The van der Waals surface area contributed by atoms with E-state index in [1.807, 2.05) is 0 Å². The van der Waals surface area contributed by atoms with Crippen LogP contribution >= 0.6 is 0 Å². The molecule has 1 rings (SSSR count). The smallest absolute Gasteiger partial charge is 0.115 e. The second kappa shape index (κ2) is 3.13. The average Bonchev–Trinajstić information content (AvgIpc) is 1.88. The molecule has 1 heterocycles. The summed E-state index contributed by atoms with van der Waals surface area (Å²) in [4.78, 5) is 0. The fourth-order valence-electron chi connectivity index (χ4n) is 1.03. The second-order valence-electron chi connectivity index (χ2n) is 2.35. The standard InChI is InChI=1S/C6H12FNO/c1-9-6-2-5(7)3-8-4-6/h5-6,8H,2-4H2,1H3. The van der Waals surface area contributed by atoms with E-state index in [4.69, 9.17) is 4.74 Å². The van der Waals surface area contributed by atoms with Crippen molar-refractivity contribution in [1.29, 1.82) is 0 Å². The van der Waals surface area contributed by atoms with Gasteiger partial charge in [0.25, 0.3) is 0 Å². The Morgan fingerprint density at radius 3 is 2.78 bits per heavy atom. The first-order valence-electron chi connectivity index (χ1n) is 3.20. The van der Waals surface area contributed by atoms with Gasteiger partial charge in [0.2, 0.25) is 0 Å². The quantitative estimate of drug-likeness (QED) is 0.556. The van der Waals surface area contributed by atoms with Gasteiger partial charge in [-0.15, -0.1) is 0 Å². The van der Waals surface area contributed by atoms with E-state index >= 15 is 0 Å². The van der Waals surface area contributed by atoms with Crippen LogP contribution in [0.15, 0.2) is 0 Å². The van der Waals surface area contributed by atoms with Crippen LogP contribution in [0, 0.1) is 0 Å². The Morgan fingerprint density at radius 2 is 2.33 bits per heavy atom. The minimum absolute atomic E-state index is 0.0775. The van der Waals surface area contributed by atoms with Gasteiger partial charge in [0, 0.05) is 26.6 Å². The molecule has 9 heavy (non-hydrogen) atoms. The summed E-state index contributed by atoms with van der Waals surface area (Å²) >= 11 is 0. The highest BCUT2D eigenvalue weighted by atomic mass is 19.1. The van der Waals surface area contributed by atoms with Gasteiger partial charge in [-0.3, -0.25) is 0 Å². The highest BCUT2D eigenvalue weighted by Gasteiger charge is 2.19. The largest absolute Gasteiger partial charge is 0.380 e. The van der Waals surface area contributed by atoms with Gasteiger partial charge in [-0.05, 0) is 0 Å². The van der Waals surface area contributed by atoms with Crippen molar-refractivity contribution in [2.45, 2.75) is 18.7 Å². The zero-order valence-corrected chi connectivity index (χ0v) is 5.56. The lowest BCUT2D eigenvalue weighted by molar-refractivity contribution is 0.0514.